The number of carbonyl (C=O) groups excluding carboxylic acids is 2. The summed E-state index contributed by atoms with van der Waals surface area (Å²) in [6.07, 6.45) is 4.10. The number of rotatable bonds is 3. The van der Waals surface area contributed by atoms with Crippen LogP contribution in [0, 0.1) is 34.0 Å². The lowest BCUT2D eigenvalue weighted by Crippen LogP contribution is -2.63. The summed E-state index contributed by atoms with van der Waals surface area (Å²) in [6, 6.07) is 0. The minimum atomic E-state index is -0.686. The van der Waals surface area contributed by atoms with Crippen molar-refractivity contribution in [3.8, 4) is 0 Å². The minimum Gasteiger partial charge on any atom is -0.460 e. The van der Waals surface area contributed by atoms with Crippen LogP contribution in [0.3, 0.4) is 0 Å². The lowest BCUT2D eigenvalue weighted by molar-refractivity contribution is -0.207. The Morgan fingerprint density at radius 1 is 1.33 bits per heavy atom. The SMILES string of the molecule is C=CC1(C)CC(OC(=O)CO)C2(C)C(C)CCC3(CCC(=O)C23)[C@@H](C)C1O. The van der Waals surface area contributed by atoms with Crippen molar-refractivity contribution in [2.45, 2.75) is 72.0 Å². The summed E-state index contributed by atoms with van der Waals surface area (Å²) in [5.41, 5.74) is -1.43. The Balaban J connectivity index is 2.21. The van der Waals surface area contributed by atoms with Crippen molar-refractivity contribution in [1.29, 1.82) is 0 Å². The molecule has 5 heteroatoms. The predicted octanol–water partition coefficient (Wildman–Crippen LogP) is 2.89. The molecule has 0 saturated heterocycles. The Morgan fingerprint density at radius 3 is 2.59 bits per heavy atom. The van der Waals surface area contributed by atoms with E-state index in [0.717, 1.165) is 19.3 Å². The van der Waals surface area contributed by atoms with Crippen molar-refractivity contribution in [2.24, 2.45) is 34.0 Å². The van der Waals surface area contributed by atoms with Crippen LogP contribution in [-0.2, 0) is 14.3 Å². The molecule has 0 spiro atoms. The zero-order valence-corrected chi connectivity index (χ0v) is 17.0. The van der Waals surface area contributed by atoms with Gasteiger partial charge in [0, 0.05) is 23.2 Å². The molecule has 3 aliphatic rings. The van der Waals surface area contributed by atoms with E-state index in [9.17, 15) is 19.8 Å². The van der Waals surface area contributed by atoms with E-state index in [1.54, 1.807) is 6.08 Å². The first-order valence-corrected chi connectivity index (χ1v) is 10.2. The average Bonchev–Trinajstić information content (AvgIpc) is 3.00. The smallest absolute Gasteiger partial charge is 0.332 e. The van der Waals surface area contributed by atoms with Gasteiger partial charge in [0.05, 0.1) is 6.10 Å². The normalized spacial score (nSPS) is 49.7. The number of ketones is 1. The standard InChI is InChI=1S/C22H34O5/c1-6-20(4)11-16(27-17(25)12-23)21(5)13(2)7-9-22(14(3)19(20)26)10-8-15(24)18(21)22/h6,13-14,16,18-19,23,26H,1,7-12H2,2-5H3/t13?,14-,16?,18?,19?,20?,21?,22?/m0/s1. The van der Waals surface area contributed by atoms with Crippen LogP contribution >= 0.6 is 0 Å². The molecule has 0 radical (unpaired) electrons. The molecule has 3 saturated carbocycles. The second kappa shape index (κ2) is 6.70. The number of hydrogen-bond acceptors (Lipinski definition) is 5. The van der Waals surface area contributed by atoms with Crippen LogP contribution in [-0.4, -0.2) is 40.8 Å². The third kappa shape index (κ3) is 2.72. The molecular formula is C22H34O5. The molecule has 3 rings (SSSR count). The summed E-state index contributed by atoms with van der Waals surface area (Å²) in [6.45, 7) is 11.5. The second-order valence-corrected chi connectivity index (χ2v) is 9.72. The van der Waals surface area contributed by atoms with E-state index >= 15 is 0 Å². The summed E-state index contributed by atoms with van der Waals surface area (Å²) in [5, 5.41) is 20.6. The highest BCUT2D eigenvalue weighted by Gasteiger charge is 2.68. The average molecular weight is 379 g/mol. The van der Waals surface area contributed by atoms with Crippen LogP contribution in [0.15, 0.2) is 12.7 Å². The zero-order valence-electron chi connectivity index (χ0n) is 17.0. The van der Waals surface area contributed by atoms with Gasteiger partial charge in [0.25, 0.3) is 0 Å². The molecule has 0 heterocycles. The first-order chi connectivity index (χ1) is 12.6. The molecule has 0 amide bonds. The van der Waals surface area contributed by atoms with Crippen molar-refractivity contribution >= 4 is 11.8 Å². The second-order valence-electron chi connectivity index (χ2n) is 9.72. The van der Waals surface area contributed by atoms with Gasteiger partial charge < -0.3 is 14.9 Å². The largest absolute Gasteiger partial charge is 0.460 e. The van der Waals surface area contributed by atoms with E-state index in [-0.39, 0.29) is 29.0 Å². The molecule has 3 fully saturated rings. The summed E-state index contributed by atoms with van der Waals surface area (Å²) in [5.74, 6) is -0.520. The molecule has 0 aliphatic heterocycles. The highest BCUT2D eigenvalue weighted by molar-refractivity contribution is 5.85. The molecule has 0 aromatic carbocycles. The Labute approximate surface area is 162 Å². The highest BCUT2D eigenvalue weighted by atomic mass is 16.6. The number of hydrogen-bond donors (Lipinski definition) is 2. The van der Waals surface area contributed by atoms with Crippen LogP contribution in [0.2, 0.25) is 0 Å². The van der Waals surface area contributed by atoms with E-state index in [4.69, 9.17) is 4.74 Å². The lowest BCUT2D eigenvalue weighted by Gasteiger charge is -2.61. The summed E-state index contributed by atoms with van der Waals surface area (Å²) in [4.78, 5) is 25.2. The Hall–Kier alpha value is -1.20. The van der Waals surface area contributed by atoms with Gasteiger partial charge in [-0.3, -0.25) is 4.79 Å². The van der Waals surface area contributed by atoms with Gasteiger partial charge >= 0.3 is 5.97 Å². The van der Waals surface area contributed by atoms with Gasteiger partial charge in [0.1, 0.15) is 18.5 Å². The fraction of sp³-hybridized carbons (Fsp3) is 0.818. The number of carbonyl (C=O) groups is 2. The van der Waals surface area contributed by atoms with Gasteiger partial charge in [-0.15, -0.1) is 6.58 Å². The van der Waals surface area contributed by atoms with Gasteiger partial charge in [0.15, 0.2) is 0 Å². The van der Waals surface area contributed by atoms with E-state index in [0.29, 0.717) is 12.8 Å². The number of aliphatic hydroxyl groups excluding tert-OH is 2. The maximum Gasteiger partial charge on any atom is 0.332 e. The monoisotopic (exact) mass is 378 g/mol. The first-order valence-electron chi connectivity index (χ1n) is 10.2. The van der Waals surface area contributed by atoms with E-state index in [1.807, 2.05) is 6.92 Å². The summed E-state index contributed by atoms with van der Waals surface area (Å²) in [7, 11) is 0. The number of esters is 1. The maximum atomic E-state index is 13.1. The molecule has 3 aliphatic carbocycles. The minimum absolute atomic E-state index is 0.0433. The van der Waals surface area contributed by atoms with Crippen LogP contribution in [0.1, 0.15) is 59.8 Å². The number of Topliss-reactive ketones (excluding diaryl/α,β-unsaturated/α-hetero) is 1. The molecule has 27 heavy (non-hydrogen) atoms. The molecule has 2 N–H and O–H groups in total. The Kier molecular flexibility index (Phi) is 5.09. The quantitative estimate of drug-likeness (QED) is 0.583. The van der Waals surface area contributed by atoms with Gasteiger partial charge in [-0.1, -0.05) is 33.8 Å². The first kappa shape index (κ1) is 20.5. The third-order valence-corrected chi connectivity index (χ3v) is 8.70. The fourth-order valence-electron chi connectivity index (χ4n) is 6.70. The van der Waals surface area contributed by atoms with Gasteiger partial charge in [0.2, 0.25) is 0 Å². The van der Waals surface area contributed by atoms with Crippen LogP contribution in [0.4, 0.5) is 0 Å². The molecule has 152 valence electrons. The van der Waals surface area contributed by atoms with E-state index in [1.165, 1.54) is 0 Å². The zero-order chi connectivity index (χ0) is 20.2. The molecule has 7 unspecified atom stereocenters. The molecular weight excluding hydrogens is 344 g/mol. The van der Waals surface area contributed by atoms with Crippen molar-refractivity contribution in [1.82, 2.24) is 0 Å². The highest BCUT2D eigenvalue weighted by Crippen LogP contribution is 2.67. The van der Waals surface area contributed by atoms with Crippen LogP contribution in [0.5, 0.6) is 0 Å². The van der Waals surface area contributed by atoms with E-state index in [2.05, 4.69) is 27.4 Å². The molecule has 0 aromatic heterocycles. The Morgan fingerprint density at radius 2 is 2.00 bits per heavy atom. The van der Waals surface area contributed by atoms with Crippen molar-refractivity contribution in [3.63, 3.8) is 0 Å². The van der Waals surface area contributed by atoms with E-state index < -0.39 is 35.6 Å². The van der Waals surface area contributed by atoms with Gasteiger partial charge in [-0.25, -0.2) is 4.79 Å². The number of aliphatic hydroxyl groups is 2. The molecule has 5 nitrogen and oxygen atoms in total. The molecule has 0 aromatic rings. The number of ether oxygens (including phenoxy) is 1. The lowest BCUT2D eigenvalue weighted by atomic mass is 9.44. The van der Waals surface area contributed by atoms with Crippen molar-refractivity contribution in [2.75, 3.05) is 6.61 Å². The van der Waals surface area contributed by atoms with Crippen LogP contribution in [0.25, 0.3) is 0 Å². The fourth-order valence-corrected chi connectivity index (χ4v) is 6.70. The van der Waals surface area contributed by atoms with Crippen molar-refractivity contribution < 1.29 is 24.5 Å². The third-order valence-electron chi connectivity index (χ3n) is 8.70. The Bertz CT molecular complexity index is 645. The molecule has 2 bridgehead atoms. The maximum absolute atomic E-state index is 13.1. The van der Waals surface area contributed by atoms with Gasteiger partial charge in [-0.2, -0.15) is 0 Å². The summed E-state index contributed by atoms with van der Waals surface area (Å²) < 4.78 is 5.77. The molecule has 8 atom stereocenters. The van der Waals surface area contributed by atoms with Gasteiger partial charge in [-0.05, 0) is 42.9 Å². The predicted molar refractivity (Wildman–Crippen MR) is 102 cm³/mol. The topological polar surface area (TPSA) is 83.8 Å². The van der Waals surface area contributed by atoms with Crippen LogP contribution < -0.4 is 0 Å². The summed E-state index contributed by atoms with van der Waals surface area (Å²) >= 11 is 0. The van der Waals surface area contributed by atoms with Crippen molar-refractivity contribution in [3.05, 3.63) is 12.7 Å².